The summed E-state index contributed by atoms with van der Waals surface area (Å²) in [5.41, 5.74) is 2.05. The van der Waals surface area contributed by atoms with Crippen molar-refractivity contribution in [2.45, 2.75) is 19.3 Å². The Morgan fingerprint density at radius 1 is 1.43 bits per heavy atom. The van der Waals surface area contributed by atoms with Gasteiger partial charge in [0.05, 0.1) is 11.6 Å². The second-order valence-electron chi connectivity index (χ2n) is 5.04. The molecule has 0 aliphatic carbocycles. The molecule has 21 heavy (non-hydrogen) atoms. The number of rotatable bonds is 8. The van der Waals surface area contributed by atoms with Gasteiger partial charge in [0.25, 0.3) is 0 Å². The zero-order valence-electron chi connectivity index (χ0n) is 12.4. The summed E-state index contributed by atoms with van der Waals surface area (Å²) in [5.74, 6) is 0.0211. The minimum absolute atomic E-state index is 0.190. The van der Waals surface area contributed by atoms with E-state index in [1.807, 2.05) is 13.0 Å². The maximum atomic E-state index is 13.5. The summed E-state index contributed by atoms with van der Waals surface area (Å²) in [5, 5.41) is 6.51. The summed E-state index contributed by atoms with van der Waals surface area (Å²) in [6, 6.07) is 6.84. The number of nitrogens with one attached hydrogen (secondary N) is 1. The molecule has 2 aromatic rings. The van der Waals surface area contributed by atoms with Gasteiger partial charge in [0.2, 0.25) is 0 Å². The molecule has 114 valence electrons. The van der Waals surface area contributed by atoms with Crippen molar-refractivity contribution in [2.75, 3.05) is 26.8 Å². The monoisotopic (exact) mass is 308 g/mol. The molecule has 0 fully saturated rings. The van der Waals surface area contributed by atoms with Crippen molar-refractivity contribution in [1.82, 2.24) is 10.3 Å². The zero-order chi connectivity index (χ0) is 15.1. The van der Waals surface area contributed by atoms with E-state index in [-0.39, 0.29) is 11.7 Å². The van der Waals surface area contributed by atoms with Gasteiger partial charge in [-0.05, 0) is 24.6 Å². The third-order valence-corrected chi connectivity index (χ3v) is 4.27. The Morgan fingerprint density at radius 3 is 2.95 bits per heavy atom. The van der Waals surface area contributed by atoms with E-state index < -0.39 is 0 Å². The second kappa shape index (κ2) is 8.22. The lowest BCUT2D eigenvalue weighted by Crippen LogP contribution is -2.26. The summed E-state index contributed by atoms with van der Waals surface area (Å²) in [6.07, 6.45) is 0.821. The number of thiazole rings is 1. The molecule has 1 unspecified atom stereocenters. The van der Waals surface area contributed by atoms with Crippen LogP contribution in [0.2, 0.25) is 0 Å². The van der Waals surface area contributed by atoms with Crippen LogP contribution in [0.15, 0.2) is 29.6 Å². The van der Waals surface area contributed by atoms with Crippen molar-refractivity contribution >= 4 is 11.3 Å². The van der Waals surface area contributed by atoms with Crippen molar-refractivity contribution in [3.63, 3.8) is 0 Å². The first-order valence-corrected chi connectivity index (χ1v) is 7.93. The number of hydrogen-bond acceptors (Lipinski definition) is 4. The molecule has 1 N–H and O–H groups in total. The molecule has 0 saturated carbocycles. The maximum absolute atomic E-state index is 13.5. The molecule has 2 rings (SSSR count). The van der Waals surface area contributed by atoms with Crippen molar-refractivity contribution < 1.29 is 9.13 Å². The smallest absolute Gasteiger partial charge is 0.123 e. The first kappa shape index (κ1) is 16.1. The number of hydrogen-bond donors (Lipinski definition) is 1. The van der Waals surface area contributed by atoms with E-state index in [0.717, 1.165) is 35.8 Å². The molecule has 1 atom stereocenters. The quantitative estimate of drug-likeness (QED) is 0.761. The minimum atomic E-state index is -0.190. The lowest BCUT2D eigenvalue weighted by Gasteiger charge is -2.17. The molecule has 0 saturated heterocycles. The third kappa shape index (κ3) is 5.19. The van der Waals surface area contributed by atoms with Gasteiger partial charge in [-0.1, -0.05) is 12.1 Å². The molecule has 5 heteroatoms. The highest BCUT2D eigenvalue weighted by molar-refractivity contribution is 7.09. The summed E-state index contributed by atoms with van der Waals surface area (Å²) < 4.78 is 18.5. The minimum Gasteiger partial charge on any atom is -0.383 e. The number of halogens is 1. The van der Waals surface area contributed by atoms with E-state index in [2.05, 4.69) is 15.7 Å². The Kier molecular flexibility index (Phi) is 6.29. The molecule has 3 nitrogen and oxygen atoms in total. The van der Waals surface area contributed by atoms with Crippen molar-refractivity contribution in [3.8, 4) is 0 Å². The predicted molar refractivity (Wildman–Crippen MR) is 84.4 cm³/mol. The van der Waals surface area contributed by atoms with E-state index in [1.54, 1.807) is 30.6 Å². The molecule has 0 aliphatic rings. The van der Waals surface area contributed by atoms with Crippen molar-refractivity contribution in [2.24, 2.45) is 0 Å². The molecular formula is C16H21FN2OS. The highest BCUT2D eigenvalue weighted by Crippen LogP contribution is 2.23. The van der Waals surface area contributed by atoms with Gasteiger partial charge < -0.3 is 10.1 Å². The van der Waals surface area contributed by atoms with Crippen LogP contribution in [-0.2, 0) is 11.2 Å². The molecule has 1 aromatic carbocycles. The number of aryl methyl sites for hydroxylation is 1. The normalized spacial score (nSPS) is 12.5. The van der Waals surface area contributed by atoms with Crippen LogP contribution in [0.4, 0.5) is 4.39 Å². The number of nitrogens with zero attached hydrogens (tertiary/aromatic N) is 1. The van der Waals surface area contributed by atoms with Crippen LogP contribution in [-0.4, -0.2) is 31.8 Å². The highest BCUT2D eigenvalue weighted by atomic mass is 32.1. The first-order valence-electron chi connectivity index (χ1n) is 7.05. The number of aromatic nitrogens is 1. The molecule has 0 spiro atoms. The van der Waals surface area contributed by atoms with Crippen LogP contribution in [0.3, 0.4) is 0 Å². The Labute approximate surface area is 129 Å². The van der Waals surface area contributed by atoms with Crippen LogP contribution in [0.1, 0.15) is 22.2 Å². The second-order valence-corrected chi connectivity index (χ2v) is 5.98. The molecule has 1 heterocycles. The van der Waals surface area contributed by atoms with Gasteiger partial charge in [0.15, 0.2) is 0 Å². The van der Waals surface area contributed by atoms with Crippen LogP contribution in [0.5, 0.6) is 0 Å². The molecular weight excluding hydrogens is 287 g/mol. The summed E-state index contributed by atoms with van der Waals surface area (Å²) >= 11 is 1.66. The Balaban J connectivity index is 2.06. The SMILES string of the molecule is COCCNCC(Cc1nc(C)cs1)c1cccc(F)c1. The Hall–Kier alpha value is -1.30. The molecule has 1 aromatic heterocycles. The Morgan fingerprint density at radius 2 is 2.29 bits per heavy atom. The number of methoxy groups -OCH3 is 1. The average molecular weight is 308 g/mol. The maximum Gasteiger partial charge on any atom is 0.123 e. The summed E-state index contributed by atoms with van der Waals surface area (Å²) in [7, 11) is 1.68. The lowest BCUT2D eigenvalue weighted by atomic mass is 9.95. The van der Waals surface area contributed by atoms with Gasteiger partial charge >= 0.3 is 0 Å². The van der Waals surface area contributed by atoms with E-state index in [0.29, 0.717) is 6.61 Å². The topological polar surface area (TPSA) is 34.1 Å². The van der Waals surface area contributed by atoms with Crippen LogP contribution >= 0.6 is 11.3 Å². The van der Waals surface area contributed by atoms with E-state index >= 15 is 0 Å². The van der Waals surface area contributed by atoms with Gasteiger partial charge in [-0.2, -0.15) is 0 Å². The fraction of sp³-hybridized carbons (Fsp3) is 0.438. The van der Waals surface area contributed by atoms with Crippen LogP contribution in [0.25, 0.3) is 0 Å². The van der Waals surface area contributed by atoms with E-state index in [4.69, 9.17) is 4.74 Å². The molecule has 0 aliphatic heterocycles. The number of benzene rings is 1. The summed E-state index contributed by atoms with van der Waals surface area (Å²) in [4.78, 5) is 4.52. The predicted octanol–water partition coefficient (Wildman–Crippen LogP) is 3.15. The fourth-order valence-electron chi connectivity index (χ4n) is 2.23. The first-order chi connectivity index (χ1) is 10.2. The molecule has 0 bridgehead atoms. The Bertz CT molecular complexity index is 559. The van der Waals surface area contributed by atoms with Crippen LogP contribution in [0, 0.1) is 12.7 Å². The van der Waals surface area contributed by atoms with Gasteiger partial charge in [0, 0.05) is 43.6 Å². The fourth-order valence-corrected chi connectivity index (χ4v) is 3.08. The molecule has 0 amide bonds. The van der Waals surface area contributed by atoms with Gasteiger partial charge in [0.1, 0.15) is 5.82 Å². The average Bonchev–Trinajstić information content (AvgIpc) is 2.87. The summed E-state index contributed by atoms with van der Waals surface area (Å²) in [6.45, 7) is 4.24. The van der Waals surface area contributed by atoms with Crippen molar-refractivity contribution in [3.05, 3.63) is 51.7 Å². The largest absolute Gasteiger partial charge is 0.383 e. The van der Waals surface area contributed by atoms with Crippen molar-refractivity contribution in [1.29, 1.82) is 0 Å². The zero-order valence-corrected chi connectivity index (χ0v) is 13.3. The van der Waals surface area contributed by atoms with Gasteiger partial charge in [-0.3, -0.25) is 0 Å². The van der Waals surface area contributed by atoms with Crippen LogP contribution < -0.4 is 5.32 Å². The highest BCUT2D eigenvalue weighted by Gasteiger charge is 2.15. The van der Waals surface area contributed by atoms with E-state index in [1.165, 1.54) is 6.07 Å². The third-order valence-electron chi connectivity index (χ3n) is 3.28. The van der Waals surface area contributed by atoms with E-state index in [9.17, 15) is 4.39 Å². The van der Waals surface area contributed by atoms with Gasteiger partial charge in [-0.25, -0.2) is 9.37 Å². The number of ether oxygens (including phenoxy) is 1. The standard InChI is InChI=1S/C16H21FN2OS/c1-12-11-21-16(19-12)9-14(10-18-6-7-20-2)13-4-3-5-15(17)8-13/h3-5,8,11,14,18H,6-7,9-10H2,1-2H3. The lowest BCUT2D eigenvalue weighted by molar-refractivity contribution is 0.199. The molecule has 0 radical (unpaired) electrons. The van der Waals surface area contributed by atoms with Gasteiger partial charge in [-0.15, -0.1) is 11.3 Å².